The third-order valence-electron chi connectivity index (χ3n) is 4.81. The Hall–Kier alpha value is -1.87. The highest BCUT2D eigenvalue weighted by Gasteiger charge is 2.42. The number of primary sulfonamides is 1. The first kappa shape index (κ1) is 16.0. The molecule has 2 unspecified atom stereocenters. The Morgan fingerprint density at radius 2 is 1.61 bits per heavy atom. The summed E-state index contributed by atoms with van der Waals surface area (Å²) in [7, 11) is -2.34. The van der Waals surface area contributed by atoms with E-state index in [-0.39, 0.29) is 16.8 Å². The first-order valence-corrected chi connectivity index (χ1v) is 8.96. The predicted octanol–water partition coefficient (Wildman–Crippen LogP) is -0.777. The van der Waals surface area contributed by atoms with Crippen molar-refractivity contribution in [1.82, 2.24) is 14.4 Å². The average Bonchev–Trinajstić information content (AvgIpc) is 3.08. The van der Waals surface area contributed by atoms with Gasteiger partial charge in [0.2, 0.25) is 5.91 Å². The molecule has 2 N–H and O–H groups in total. The summed E-state index contributed by atoms with van der Waals surface area (Å²) in [6.45, 7) is 4.09. The van der Waals surface area contributed by atoms with Crippen molar-refractivity contribution in [2.45, 2.75) is 11.9 Å². The molecule has 2 aliphatic heterocycles. The van der Waals surface area contributed by atoms with Crippen molar-refractivity contribution in [3.05, 3.63) is 17.8 Å². The molecule has 0 radical (unpaired) electrons. The van der Waals surface area contributed by atoms with Crippen LogP contribution in [0.15, 0.2) is 17.2 Å². The van der Waals surface area contributed by atoms with Crippen LogP contribution in [0.5, 0.6) is 0 Å². The number of likely N-dealkylation sites (tertiary alicyclic amines) is 2. The molecule has 0 saturated carbocycles. The number of carbonyl (C=O) groups excluding carboxylic acids is 2. The van der Waals surface area contributed by atoms with Crippen molar-refractivity contribution in [3.8, 4) is 0 Å². The number of sulfonamides is 1. The molecule has 0 bridgehead atoms. The van der Waals surface area contributed by atoms with E-state index in [9.17, 15) is 18.0 Å². The summed E-state index contributed by atoms with van der Waals surface area (Å²) in [6.07, 6.45) is 0. The predicted molar refractivity (Wildman–Crippen MR) is 81.9 cm³/mol. The van der Waals surface area contributed by atoms with Crippen LogP contribution < -0.4 is 5.14 Å². The van der Waals surface area contributed by atoms with Gasteiger partial charge in [-0.3, -0.25) is 9.59 Å². The molecule has 23 heavy (non-hydrogen) atoms. The van der Waals surface area contributed by atoms with Crippen molar-refractivity contribution in [2.24, 2.45) is 24.0 Å². The summed E-state index contributed by atoms with van der Waals surface area (Å²) < 4.78 is 24.2. The van der Waals surface area contributed by atoms with E-state index in [1.807, 2.05) is 4.90 Å². The molecule has 2 atom stereocenters. The lowest BCUT2D eigenvalue weighted by atomic mass is 10.0. The van der Waals surface area contributed by atoms with Crippen LogP contribution in [0.3, 0.4) is 0 Å². The molecule has 2 amide bonds. The van der Waals surface area contributed by atoms with Crippen LogP contribution in [0.25, 0.3) is 0 Å². The Balaban J connectivity index is 1.75. The Bertz CT molecular complexity index is 756. The Morgan fingerprint density at radius 1 is 1.09 bits per heavy atom. The summed E-state index contributed by atoms with van der Waals surface area (Å²) >= 11 is 0. The van der Waals surface area contributed by atoms with Gasteiger partial charge in [-0.15, -0.1) is 0 Å². The molecule has 2 fully saturated rings. The highest BCUT2D eigenvalue weighted by atomic mass is 32.2. The average molecular weight is 340 g/mol. The molecule has 9 heteroatoms. The number of fused-ring (bicyclic) bond motifs is 1. The highest BCUT2D eigenvalue weighted by molar-refractivity contribution is 7.89. The van der Waals surface area contributed by atoms with Crippen molar-refractivity contribution >= 4 is 21.8 Å². The molecular formula is C14H20N4O4S. The Labute approximate surface area is 134 Å². The maximum absolute atomic E-state index is 12.6. The van der Waals surface area contributed by atoms with E-state index in [2.05, 4.69) is 0 Å². The van der Waals surface area contributed by atoms with Gasteiger partial charge < -0.3 is 14.4 Å². The maximum Gasteiger partial charge on any atom is 0.270 e. The third kappa shape index (κ3) is 2.74. The van der Waals surface area contributed by atoms with Gasteiger partial charge >= 0.3 is 0 Å². The minimum atomic E-state index is -3.85. The van der Waals surface area contributed by atoms with E-state index in [0.29, 0.717) is 43.7 Å². The molecule has 126 valence electrons. The molecule has 2 saturated heterocycles. The number of nitrogens with zero attached hydrogens (tertiary/aromatic N) is 3. The number of hydrogen-bond acceptors (Lipinski definition) is 4. The number of amides is 2. The number of rotatable bonds is 2. The van der Waals surface area contributed by atoms with E-state index in [0.717, 1.165) is 0 Å². The highest BCUT2D eigenvalue weighted by Crippen LogP contribution is 2.32. The largest absolute Gasteiger partial charge is 0.342 e. The van der Waals surface area contributed by atoms with Gasteiger partial charge in [-0.05, 0) is 12.1 Å². The standard InChI is InChI=1S/C14H20N4O4S/c1-9(19)17-5-10-7-18(8-11(10)6-17)14(20)12-3-4-13(16(12)2)23(15,21)22/h3-4,10-11H,5-8H2,1-2H3,(H2,15,21,22). The number of carbonyl (C=O) groups is 2. The van der Waals surface area contributed by atoms with Crippen molar-refractivity contribution < 1.29 is 18.0 Å². The van der Waals surface area contributed by atoms with Crippen molar-refractivity contribution in [2.75, 3.05) is 26.2 Å². The van der Waals surface area contributed by atoms with Crippen LogP contribution in [0.4, 0.5) is 0 Å². The number of nitrogens with two attached hydrogens (primary N) is 1. The van der Waals surface area contributed by atoms with Crippen LogP contribution in [-0.4, -0.2) is 60.8 Å². The minimum Gasteiger partial charge on any atom is -0.342 e. The molecule has 0 spiro atoms. The van der Waals surface area contributed by atoms with Crippen LogP contribution in [0, 0.1) is 11.8 Å². The third-order valence-corrected chi connectivity index (χ3v) is 5.80. The molecule has 2 aliphatic rings. The molecule has 0 aliphatic carbocycles. The SMILES string of the molecule is CC(=O)N1CC2CN(C(=O)c3ccc(S(N)(=O)=O)n3C)CC2C1. The molecule has 8 nitrogen and oxygen atoms in total. The van der Waals surface area contributed by atoms with Gasteiger partial charge in [0.05, 0.1) is 0 Å². The normalized spacial score (nSPS) is 24.1. The van der Waals surface area contributed by atoms with E-state index >= 15 is 0 Å². The van der Waals surface area contributed by atoms with Crippen molar-refractivity contribution in [1.29, 1.82) is 0 Å². The van der Waals surface area contributed by atoms with Gasteiger partial charge in [-0.1, -0.05) is 0 Å². The van der Waals surface area contributed by atoms with E-state index in [1.54, 1.807) is 11.8 Å². The summed E-state index contributed by atoms with van der Waals surface area (Å²) in [4.78, 5) is 27.6. The smallest absolute Gasteiger partial charge is 0.270 e. The van der Waals surface area contributed by atoms with Gasteiger partial charge in [-0.25, -0.2) is 13.6 Å². The van der Waals surface area contributed by atoms with Gasteiger partial charge in [0.25, 0.3) is 15.9 Å². The van der Waals surface area contributed by atoms with Gasteiger partial charge in [0.1, 0.15) is 5.69 Å². The fraction of sp³-hybridized carbons (Fsp3) is 0.571. The van der Waals surface area contributed by atoms with E-state index in [4.69, 9.17) is 5.14 Å². The Morgan fingerprint density at radius 3 is 2.04 bits per heavy atom. The van der Waals surface area contributed by atoms with Crippen LogP contribution >= 0.6 is 0 Å². The summed E-state index contributed by atoms with van der Waals surface area (Å²) in [5, 5.41) is 5.05. The van der Waals surface area contributed by atoms with Crippen LogP contribution in [-0.2, 0) is 21.9 Å². The van der Waals surface area contributed by atoms with Gasteiger partial charge in [0.15, 0.2) is 5.03 Å². The molecule has 1 aromatic heterocycles. The van der Waals surface area contributed by atoms with E-state index in [1.165, 1.54) is 23.7 Å². The van der Waals surface area contributed by atoms with Gasteiger partial charge in [0, 0.05) is 52.0 Å². The van der Waals surface area contributed by atoms with E-state index < -0.39 is 10.0 Å². The first-order chi connectivity index (χ1) is 10.7. The lowest BCUT2D eigenvalue weighted by Gasteiger charge is -2.21. The lowest BCUT2D eigenvalue weighted by Crippen LogP contribution is -2.35. The first-order valence-electron chi connectivity index (χ1n) is 7.41. The van der Waals surface area contributed by atoms with Gasteiger partial charge in [-0.2, -0.15) is 0 Å². The maximum atomic E-state index is 12.6. The fourth-order valence-electron chi connectivity index (χ4n) is 3.57. The molecule has 3 heterocycles. The van der Waals surface area contributed by atoms with Crippen LogP contribution in [0.1, 0.15) is 17.4 Å². The zero-order chi connectivity index (χ0) is 16.9. The fourth-order valence-corrected chi connectivity index (χ4v) is 4.31. The zero-order valence-corrected chi connectivity index (χ0v) is 13.9. The summed E-state index contributed by atoms with van der Waals surface area (Å²) in [6, 6.07) is 2.83. The minimum absolute atomic E-state index is 0.0671. The summed E-state index contributed by atoms with van der Waals surface area (Å²) in [5.41, 5.74) is 0.303. The Kier molecular flexibility index (Phi) is 3.72. The quantitative estimate of drug-likeness (QED) is 0.762. The molecule has 1 aromatic rings. The second kappa shape index (κ2) is 5.34. The zero-order valence-electron chi connectivity index (χ0n) is 13.1. The number of aromatic nitrogens is 1. The molecular weight excluding hydrogens is 320 g/mol. The second-order valence-corrected chi connectivity index (χ2v) is 7.82. The lowest BCUT2D eigenvalue weighted by molar-refractivity contribution is -0.128. The van der Waals surface area contributed by atoms with Crippen molar-refractivity contribution in [3.63, 3.8) is 0 Å². The van der Waals surface area contributed by atoms with Crippen LogP contribution in [0.2, 0.25) is 0 Å². The topological polar surface area (TPSA) is 106 Å². The molecule has 3 rings (SSSR count). The molecule has 0 aromatic carbocycles. The monoisotopic (exact) mass is 340 g/mol. The second-order valence-electron chi connectivity index (χ2n) is 6.32. The number of hydrogen-bond donors (Lipinski definition) is 1. The summed E-state index contributed by atoms with van der Waals surface area (Å²) in [5.74, 6) is 0.449.